The molecule has 0 radical (unpaired) electrons. The number of carbonyl (C=O) groups is 1. The molecular formula is C8H8ClN3O3. The normalized spacial score (nSPS) is 9.67. The van der Waals surface area contributed by atoms with Crippen LogP contribution in [0.1, 0.15) is 6.42 Å². The van der Waals surface area contributed by atoms with Crippen LogP contribution in [0.2, 0.25) is 0 Å². The number of anilines is 1. The van der Waals surface area contributed by atoms with Crippen LogP contribution in [0.5, 0.6) is 0 Å². The van der Waals surface area contributed by atoms with Crippen LogP contribution in [0.15, 0.2) is 18.3 Å². The number of alkyl halides is 1. The number of pyridine rings is 1. The van der Waals surface area contributed by atoms with Crippen molar-refractivity contribution < 1.29 is 9.72 Å². The van der Waals surface area contributed by atoms with E-state index in [9.17, 15) is 14.9 Å². The van der Waals surface area contributed by atoms with Crippen molar-refractivity contribution in [3.8, 4) is 0 Å². The Kier molecular flexibility index (Phi) is 3.99. The van der Waals surface area contributed by atoms with Crippen LogP contribution in [0.3, 0.4) is 0 Å². The molecule has 80 valence electrons. The highest BCUT2D eigenvalue weighted by molar-refractivity contribution is 6.19. The van der Waals surface area contributed by atoms with E-state index < -0.39 is 4.92 Å². The van der Waals surface area contributed by atoms with Crippen molar-refractivity contribution in [1.29, 1.82) is 0 Å². The third-order valence-electron chi connectivity index (χ3n) is 1.55. The summed E-state index contributed by atoms with van der Waals surface area (Å²) >= 11 is 5.36. The molecule has 0 atom stereocenters. The first-order valence-electron chi connectivity index (χ1n) is 4.09. The molecule has 0 spiro atoms. The first-order chi connectivity index (χ1) is 7.13. The smallest absolute Gasteiger partial charge is 0.287 e. The minimum absolute atomic E-state index is 0.120. The second-order valence-electron chi connectivity index (χ2n) is 2.65. The van der Waals surface area contributed by atoms with Gasteiger partial charge in [-0.25, -0.2) is 4.98 Å². The molecule has 0 saturated heterocycles. The molecule has 1 aromatic rings. The Morgan fingerprint density at radius 3 is 2.80 bits per heavy atom. The fourth-order valence-electron chi connectivity index (χ4n) is 0.859. The average Bonchev–Trinajstić information content (AvgIpc) is 2.18. The maximum Gasteiger partial charge on any atom is 0.287 e. The van der Waals surface area contributed by atoms with Gasteiger partial charge in [-0.1, -0.05) is 0 Å². The van der Waals surface area contributed by atoms with Gasteiger partial charge in [-0.3, -0.25) is 14.9 Å². The number of hydrogen-bond donors (Lipinski definition) is 1. The Morgan fingerprint density at radius 1 is 1.60 bits per heavy atom. The summed E-state index contributed by atoms with van der Waals surface area (Å²) in [7, 11) is 0. The minimum atomic E-state index is -0.558. The van der Waals surface area contributed by atoms with E-state index in [1.54, 1.807) is 0 Å². The average molecular weight is 230 g/mol. The molecule has 6 nitrogen and oxygen atoms in total. The van der Waals surface area contributed by atoms with E-state index in [1.807, 2.05) is 0 Å². The molecule has 0 saturated carbocycles. The van der Waals surface area contributed by atoms with E-state index in [4.69, 9.17) is 11.6 Å². The monoisotopic (exact) mass is 229 g/mol. The zero-order valence-corrected chi connectivity index (χ0v) is 8.40. The van der Waals surface area contributed by atoms with Crippen LogP contribution < -0.4 is 5.32 Å². The topological polar surface area (TPSA) is 85.1 Å². The minimum Gasteiger partial charge on any atom is -0.311 e. The van der Waals surface area contributed by atoms with Crippen molar-refractivity contribution in [1.82, 2.24) is 4.98 Å². The lowest BCUT2D eigenvalue weighted by atomic mass is 10.4. The first-order valence-corrected chi connectivity index (χ1v) is 4.63. The van der Waals surface area contributed by atoms with E-state index >= 15 is 0 Å². The molecule has 0 bridgehead atoms. The molecule has 1 rings (SSSR count). The number of amides is 1. The Morgan fingerprint density at radius 2 is 2.33 bits per heavy atom. The third kappa shape index (κ3) is 3.51. The van der Waals surface area contributed by atoms with Gasteiger partial charge in [-0.15, -0.1) is 11.6 Å². The fraction of sp³-hybridized carbons (Fsp3) is 0.250. The quantitative estimate of drug-likeness (QED) is 0.482. The van der Waals surface area contributed by atoms with E-state index in [0.717, 1.165) is 6.20 Å². The second kappa shape index (κ2) is 5.26. The zero-order valence-electron chi connectivity index (χ0n) is 7.64. The van der Waals surface area contributed by atoms with Gasteiger partial charge in [-0.05, 0) is 6.07 Å². The van der Waals surface area contributed by atoms with E-state index in [0.29, 0.717) is 0 Å². The largest absolute Gasteiger partial charge is 0.311 e. The summed E-state index contributed by atoms with van der Waals surface area (Å²) in [5, 5.41) is 12.7. The summed E-state index contributed by atoms with van der Waals surface area (Å²) in [4.78, 5) is 24.5. The number of nitro groups is 1. The summed E-state index contributed by atoms with van der Waals surface area (Å²) in [5.41, 5.74) is -0.120. The van der Waals surface area contributed by atoms with Crippen LogP contribution in [0.4, 0.5) is 11.5 Å². The summed E-state index contributed by atoms with van der Waals surface area (Å²) in [6.45, 7) is 0. The molecule has 0 fully saturated rings. The summed E-state index contributed by atoms with van der Waals surface area (Å²) < 4.78 is 0. The van der Waals surface area contributed by atoms with Crippen molar-refractivity contribution in [3.63, 3.8) is 0 Å². The van der Waals surface area contributed by atoms with Crippen molar-refractivity contribution >= 4 is 29.0 Å². The molecule has 0 aromatic carbocycles. The van der Waals surface area contributed by atoms with Crippen molar-refractivity contribution in [2.45, 2.75) is 6.42 Å². The number of rotatable bonds is 4. The molecular weight excluding hydrogens is 222 g/mol. The van der Waals surface area contributed by atoms with Gasteiger partial charge in [0.15, 0.2) is 0 Å². The number of carbonyl (C=O) groups excluding carboxylic acids is 1. The van der Waals surface area contributed by atoms with Gasteiger partial charge in [0.2, 0.25) is 5.91 Å². The molecule has 1 N–H and O–H groups in total. The van der Waals surface area contributed by atoms with Gasteiger partial charge < -0.3 is 5.32 Å². The van der Waals surface area contributed by atoms with Gasteiger partial charge in [0.25, 0.3) is 5.69 Å². The van der Waals surface area contributed by atoms with Crippen LogP contribution in [0.25, 0.3) is 0 Å². The van der Waals surface area contributed by atoms with Crippen LogP contribution >= 0.6 is 11.6 Å². The summed E-state index contributed by atoms with van der Waals surface area (Å²) in [6, 6.07) is 2.63. The third-order valence-corrected chi connectivity index (χ3v) is 1.74. The highest BCUT2D eigenvalue weighted by atomic mass is 35.5. The van der Waals surface area contributed by atoms with Crippen molar-refractivity contribution in [2.75, 3.05) is 11.2 Å². The maximum absolute atomic E-state index is 11.1. The van der Waals surface area contributed by atoms with Crippen LogP contribution in [0, 0.1) is 10.1 Å². The van der Waals surface area contributed by atoms with E-state index in [1.165, 1.54) is 12.1 Å². The van der Waals surface area contributed by atoms with Crippen molar-refractivity contribution in [2.24, 2.45) is 0 Å². The van der Waals surface area contributed by atoms with Crippen LogP contribution in [-0.2, 0) is 4.79 Å². The van der Waals surface area contributed by atoms with Gasteiger partial charge >= 0.3 is 0 Å². The number of hydrogen-bond acceptors (Lipinski definition) is 4. The highest BCUT2D eigenvalue weighted by Crippen LogP contribution is 2.11. The lowest BCUT2D eigenvalue weighted by molar-refractivity contribution is -0.385. The van der Waals surface area contributed by atoms with Gasteiger partial charge in [0.1, 0.15) is 12.0 Å². The van der Waals surface area contributed by atoms with Gasteiger partial charge in [0.05, 0.1) is 4.92 Å². The zero-order chi connectivity index (χ0) is 11.3. The molecule has 1 amide bonds. The fourth-order valence-corrected chi connectivity index (χ4v) is 1.03. The molecule has 0 aliphatic carbocycles. The number of aromatic nitrogens is 1. The van der Waals surface area contributed by atoms with E-state index in [2.05, 4.69) is 10.3 Å². The standard InChI is InChI=1S/C8H8ClN3O3/c9-4-3-8(13)11-7-2-1-6(5-10-7)12(14)15/h1-2,5H,3-4H2,(H,10,11,13). The lowest BCUT2D eigenvalue weighted by Crippen LogP contribution is -2.12. The van der Waals surface area contributed by atoms with Gasteiger partial charge in [0, 0.05) is 18.4 Å². The summed E-state index contributed by atoms with van der Waals surface area (Å²) in [5.74, 6) is 0.223. The lowest BCUT2D eigenvalue weighted by Gasteiger charge is -2.01. The Balaban J connectivity index is 2.64. The molecule has 0 aliphatic heterocycles. The van der Waals surface area contributed by atoms with E-state index in [-0.39, 0.29) is 29.7 Å². The Hall–Kier alpha value is -1.69. The summed E-state index contributed by atoms with van der Waals surface area (Å²) in [6.07, 6.45) is 1.26. The molecule has 15 heavy (non-hydrogen) atoms. The van der Waals surface area contributed by atoms with Gasteiger partial charge in [-0.2, -0.15) is 0 Å². The van der Waals surface area contributed by atoms with Crippen molar-refractivity contribution in [3.05, 3.63) is 28.4 Å². The predicted octanol–water partition coefficient (Wildman–Crippen LogP) is 1.56. The SMILES string of the molecule is O=C(CCCl)Nc1ccc([N+](=O)[O-])cn1. The Bertz CT molecular complexity index is 366. The maximum atomic E-state index is 11.1. The molecule has 0 unspecified atom stereocenters. The predicted molar refractivity (Wildman–Crippen MR) is 54.9 cm³/mol. The molecule has 1 aromatic heterocycles. The highest BCUT2D eigenvalue weighted by Gasteiger charge is 2.06. The first kappa shape index (κ1) is 11.4. The Labute approximate surface area is 90.4 Å². The molecule has 1 heterocycles. The second-order valence-corrected chi connectivity index (χ2v) is 3.02. The number of nitrogens with one attached hydrogen (secondary N) is 1. The molecule has 0 aliphatic rings. The molecule has 7 heteroatoms. The van der Waals surface area contributed by atoms with Crippen LogP contribution in [-0.4, -0.2) is 21.7 Å². The number of nitrogens with zero attached hydrogens (tertiary/aromatic N) is 2. The number of halogens is 1.